The van der Waals surface area contributed by atoms with E-state index in [1.165, 1.54) is 43.3 Å². The Morgan fingerprint density at radius 2 is 1.61 bits per heavy atom. The van der Waals surface area contributed by atoms with Gasteiger partial charge in [0.15, 0.2) is 0 Å². The minimum absolute atomic E-state index is 0.733. The topological polar surface area (TPSA) is 0 Å². The van der Waals surface area contributed by atoms with Gasteiger partial charge in [0, 0.05) is 0 Å². The summed E-state index contributed by atoms with van der Waals surface area (Å²) < 4.78 is 0. The van der Waals surface area contributed by atoms with Crippen molar-refractivity contribution in [2.75, 3.05) is 0 Å². The van der Waals surface area contributed by atoms with Crippen molar-refractivity contribution in [3.8, 4) is 0 Å². The molecule has 18 heavy (non-hydrogen) atoms. The molecule has 0 N–H and O–H groups in total. The van der Waals surface area contributed by atoms with Crippen molar-refractivity contribution in [2.45, 2.75) is 80.6 Å². The van der Waals surface area contributed by atoms with Crippen LogP contribution >= 0.6 is 0 Å². The third-order valence-electron chi connectivity index (χ3n) is 3.14. The summed E-state index contributed by atoms with van der Waals surface area (Å²) in [5.41, 5.74) is 2.84. The average molecular weight is 252 g/mol. The van der Waals surface area contributed by atoms with Crippen LogP contribution in [0, 0.1) is 11.8 Å². The molecule has 0 heterocycles. The lowest BCUT2D eigenvalue weighted by Crippen LogP contribution is -1.93. The van der Waals surface area contributed by atoms with E-state index in [0.29, 0.717) is 0 Å². The van der Waals surface area contributed by atoms with Gasteiger partial charge in [-0.15, -0.1) is 6.58 Å². The fourth-order valence-electron chi connectivity index (χ4n) is 1.80. The first-order chi connectivity index (χ1) is 8.34. The van der Waals surface area contributed by atoms with Gasteiger partial charge in [0.1, 0.15) is 0 Å². The quantitative estimate of drug-likeness (QED) is 0.438. The van der Waals surface area contributed by atoms with Crippen molar-refractivity contribution < 1.29 is 0 Å². The Labute approximate surface area is 117 Å². The number of hydrogen-bond acceptors (Lipinski definition) is 0. The molecule has 0 heteroatoms. The van der Waals surface area contributed by atoms with Gasteiger partial charge < -0.3 is 0 Å². The predicted octanol–water partition coefficient (Wildman–Crippen LogP) is 6.78. The Bertz CT molecular complexity index is 220. The van der Waals surface area contributed by atoms with Gasteiger partial charge in [-0.05, 0) is 38.5 Å². The lowest BCUT2D eigenvalue weighted by atomic mass is 9.99. The molecule has 0 fully saturated rings. The van der Waals surface area contributed by atoms with Crippen LogP contribution in [0.1, 0.15) is 80.6 Å². The van der Waals surface area contributed by atoms with Crippen molar-refractivity contribution in [3.63, 3.8) is 0 Å². The molecule has 0 bridgehead atoms. The monoisotopic (exact) mass is 252 g/mol. The first kappa shape index (κ1) is 19.8. The van der Waals surface area contributed by atoms with Gasteiger partial charge in [-0.2, -0.15) is 0 Å². The normalized spacial score (nSPS) is 13.0. The molecule has 0 saturated carbocycles. The van der Waals surface area contributed by atoms with E-state index < -0.39 is 0 Å². The second-order valence-corrected chi connectivity index (χ2v) is 5.95. The maximum absolute atomic E-state index is 3.88. The zero-order valence-electron chi connectivity index (χ0n) is 14.0. The Balaban J connectivity index is 0. The molecule has 0 rings (SSSR count). The molecule has 0 aromatic carbocycles. The van der Waals surface area contributed by atoms with Crippen molar-refractivity contribution in [3.05, 3.63) is 23.8 Å². The SMILES string of the molecule is C=C(C)CC(C)CCC.CCCC=C(C)C(C)C. The van der Waals surface area contributed by atoms with Crippen molar-refractivity contribution in [1.29, 1.82) is 0 Å². The van der Waals surface area contributed by atoms with Crippen LogP contribution in [0.3, 0.4) is 0 Å². The van der Waals surface area contributed by atoms with E-state index in [4.69, 9.17) is 0 Å². The van der Waals surface area contributed by atoms with E-state index in [0.717, 1.165) is 11.8 Å². The zero-order chi connectivity index (χ0) is 14.6. The van der Waals surface area contributed by atoms with Crippen LogP contribution in [0.15, 0.2) is 23.8 Å². The zero-order valence-corrected chi connectivity index (χ0v) is 14.0. The van der Waals surface area contributed by atoms with Crippen LogP contribution in [0.2, 0.25) is 0 Å². The molecule has 0 amide bonds. The summed E-state index contributed by atoms with van der Waals surface area (Å²) >= 11 is 0. The van der Waals surface area contributed by atoms with Gasteiger partial charge >= 0.3 is 0 Å². The molecule has 0 aliphatic rings. The Hall–Kier alpha value is -0.520. The molecular weight excluding hydrogens is 216 g/mol. The summed E-state index contributed by atoms with van der Waals surface area (Å²) in [6.45, 7) is 19.4. The van der Waals surface area contributed by atoms with Gasteiger partial charge in [-0.1, -0.05) is 71.1 Å². The third kappa shape index (κ3) is 15.5. The highest BCUT2D eigenvalue weighted by Gasteiger charge is 1.98. The number of hydrogen-bond donors (Lipinski definition) is 0. The molecule has 0 aromatic heterocycles. The van der Waals surface area contributed by atoms with E-state index in [2.05, 4.69) is 61.1 Å². The smallest absolute Gasteiger partial charge is 0.0263 e. The standard InChI is InChI=1S/2C9H18/c1-5-6-9(4)7-8(2)3;1-5-6-7-9(4)8(2)3/h9H,2,5-7H2,1,3-4H3;7-8H,5-6H2,1-4H3. The highest BCUT2D eigenvalue weighted by atomic mass is 14.0. The number of rotatable bonds is 7. The van der Waals surface area contributed by atoms with Crippen LogP contribution in [-0.2, 0) is 0 Å². The van der Waals surface area contributed by atoms with Gasteiger partial charge in [0.2, 0.25) is 0 Å². The van der Waals surface area contributed by atoms with Gasteiger partial charge in [0.05, 0.1) is 0 Å². The molecule has 108 valence electrons. The van der Waals surface area contributed by atoms with E-state index >= 15 is 0 Å². The molecule has 0 aromatic rings. The summed E-state index contributed by atoms with van der Waals surface area (Å²) in [7, 11) is 0. The van der Waals surface area contributed by atoms with Crippen LogP contribution in [0.5, 0.6) is 0 Å². The maximum Gasteiger partial charge on any atom is -0.0263 e. The molecule has 0 spiro atoms. The fraction of sp³-hybridized carbons (Fsp3) is 0.778. The Kier molecular flexibility index (Phi) is 14.2. The molecule has 0 aliphatic carbocycles. The predicted molar refractivity (Wildman–Crippen MR) is 87.0 cm³/mol. The van der Waals surface area contributed by atoms with Crippen molar-refractivity contribution >= 4 is 0 Å². The highest BCUT2D eigenvalue weighted by molar-refractivity contribution is 5.00. The van der Waals surface area contributed by atoms with E-state index in [1.807, 2.05) is 0 Å². The second-order valence-electron chi connectivity index (χ2n) is 5.95. The Morgan fingerprint density at radius 3 is 1.94 bits per heavy atom. The summed E-state index contributed by atoms with van der Waals surface area (Å²) in [4.78, 5) is 0. The lowest BCUT2D eigenvalue weighted by molar-refractivity contribution is 0.521. The first-order valence-electron chi connectivity index (χ1n) is 7.66. The maximum atomic E-state index is 3.88. The molecule has 0 saturated heterocycles. The molecule has 1 unspecified atom stereocenters. The van der Waals surface area contributed by atoms with E-state index in [9.17, 15) is 0 Å². The average Bonchev–Trinajstić information content (AvgIpc) is 2.25. The Morgan fingerprint density at radius 1 is 1.06 bits per heavy atom. The molecule has 0 aliphatic heterocycles. The van der Waals surface area contributed by atoms with Crippen LogP contribution < -0.4 is 0 Å². The summed E-state index contributed by atoms with van der Waals surface area (Å²) in [5, 5.41) is 0. The van der Waals surface area contributed by atoms with E-state index in [1.54, 1.807) is 0 Å². The minimum atomic E-state index is 0.733. The first-order valence-corrected chi connectivity index (χ1v) is 7.66. The van der Waals surface area contributed by atoms with Crippen LogP contribution in [-0.4, -0.2) is 0 Å². The number of allylic oxidation sites excluding steroid dienone is 3. The molecular formula is C18H36. The summed E-state index contributed by atoms with van der Waals surface area (Å²) in [6.07, 6.45) is 8.69. The summed E-state index contributed by atoms with van der Waals surface area (Å²) in [5.74, 6) is 1.57. The van der Waals surface area contributed by atoms with Crippen molar-refractivity contribution in [1.82, 2.24) is 0 Å². The fourth-order valence-corrected chi connectivity index (χ4v) is 1.80. The minimum Gasteiger partial charge on any atom is -0.100 e. The molecule has 1 atom stereocenters. The molecule has 0 nitrogen and oxygen atoms in total. The largest absolute Gasteiger partial charge is 0.100 e. The van der Waals surface area contributed by atoms with Crippen LogP contribution in [0.4, 0.5) is 0 Å². The second kappa shape index (κ2) is 12.9. The highest BCUT2D eigenvalue weighted by Crippen LogP contribution is 2.13. The molecule has 0 radical (unpaired) electrons. The van der Waals surface area contributed by atoms with E-state index in [-0.39, 0.29) is 0 Å². The van der Waals surface area contributed by atoms with Gasteiger partial charge in [0.25, 0.3) is 0 Å². The lowest BCUT2D eigenvalue weighted by Gasteiger charge is -2.07. The number of unbranched alkanes of at least 4 members (excludes halogenated alkanes) is 1. The summed E-state index contributed by atoms with van der Waals surface area (Å²) in [6, 6.07) is 0. The third-order valence-corrected chi connectivity index (χ3v) is 3.14. The van der Waals surface area contributed by atoms with Gasteiger partial charge in [-0.3, -0.25) is 0 Å². The van der Waals surface area contributed by atoms with Crippen molar-refractivity contribution in [2.24, 2.45) is 11.8 Å². The van der Waals surface area contributed by atoms with Crippen LogP contribution in [0.25, 0.3) is 0 Å². The van der Waals surface area contributed by atoms with Gasteiger partial charge in [-0.25, -0.2) is 0 Å².